The van der Waals surface area contributed by atoms with Gasteiger partial charge in [-0.2, -0.15) is 0 Å². The summed E-state index contributed by atoms with van der Waals surface area (Å²) in [5.41, 5.74) is 0.958. The molecule has 1 aromatic carbocycles. The Hall–Kier alpha value is -0.810. The fourth-order valence-corrected chi connectivity index (χ4v) is 3.06. The first kappa shape index (κ1) is 16.2. The van der Waals surface area contributed by atoms with Gasteiger partial charge >= 0.3 is 5.97 Å². The number of allylic oxidation sites excluding steroid dienone is 1. The molecule has 0 radical (unpaired) electrons. The van der Waals surface area contributed by atoms with Gasteiger partial charge in [0.05, 0.1) is 15.6 Å². The molecule has 104 valence electrons. The second-order valence-corrected chi connectivity index (χ2v) is 5.77. The Labute approximate surface area is 129 Å². The average Bonchev–Trinajstić information content (AvgIpc) is 2.34. The van der Waals surface area contributed by atoms with Crippen LogP contribution in [-0.4, -0.2) is 17.7 Å². The van der Waals surface area contributed by atoms with Crippen LogP contribution in [0.5, 0.6) is 5.75 Å². The van der Waals surface area contributed by atoms with E-state index in [0.717, 1.165) is 33.1 Å². The summed E-state index contributed by atoms with van der Waals surface area (Å²) in [5, 5.41) is 8.68. The Morgan fingerprint density at radius 3 is 2.53 bits per heavy atom. The Morgan fingerprint density at radius 2 is 2.00 bits per heavy atom. The van der Waals surface area contributed by atoms with Crippen molar-refractivity contribution in [3.63, 3.8) is 0 Å². The molecule has 0 saturated heterocycles. The summed E-state index contributed by atoms with van der Waals surface area (Å²) in [7, 11) is 0. The van der Waals surface area contributed by atoms with Crippen LogP contribution in [0.1, 0.15) is 24.8 Å². The fourth-order valence-electron chi connectivity index (χ4n) is 1.55. The molecule has 0 aliphatic rings. The Bertz CT molecular complexity index is 435. The number of hydrogen-bond donors (Lipinski definition) is 1. The van der Waals surface area contributed by atoms with Crippen molar-refractivity contribution in [2.24, 2.45) is 0 Å². The van der Waals surface area contributed by atoms with E-state index >= 15 is 0 Å². The van der Waals surface area contributed by atoms with Crippen LogP contribution < -0.4 is 4.74 Å². The lowest BCUT2D eigenvalue weighted by atomic mass is 10.1. The third-order valence-corrected chi connectivity index (χ3v) is 3.66. The molecule has 0 spiro atoms. The van der Waals surface area contributed by atoms with Gasteiger partial charge in [-0.1, -0.05) is 6.08 Å². The molecule has 0 saturated carbocycles. The van der Waals surface area contributed by atoms with Crippen molar-refractivity contribution < 1.29 is 14.6 Å². The van der Waals surface area contributed by atoms with E-state index in [1.165, 1.54) is 0 Å². The highest BCUT2D eigenvalue weighted by Gasteiger charge is 2.10. The van der Waals surface area contributed by atoms with E-state index in [9.17, 15) is 4.79 Å². The van der Waals surface area contributed by atoms with Crippen LogP contribution in [0, 0.1) is 0 Å². The largest absolute Gasteiger partial charge is 0.491 e. The summed E-state index contributed by atoms with van der Waals surface area (Å²) in [6.07, 6.45) is 4.33. The van der Waals surface area contributed by atoms with E-state index in [4.69, 9.17) is 9.84 Å². The van der Waals surface area contributed by atoms with Gasteiger partial charge in [0.1, 0.15) is 5.75 Å². The highest BCUT2D eigenvalue weighted by atomic mass is 79.9. The molecule has 0 bridgehead atoms. The Balaban J connectivity index is 2.68. The van der Waals surface area contributed by atoms with Crippen LogP contribution in [-0.2, 0) is 11.2 Å². The molecule has 1 N–H and O–H groups in total. The van der Waals surface area contributed by atoms with Crippen molar-refractivity contribution in [3.8, 4) is 5.75 Å². The molecule has 0 aliphatic heterocycles. The highest BCUT2D eigenvalue weighted by molar-refractivity contribution is 9.11. The van der Waals surface area contributed by atoms with Crippen molar-refractivity contribution in [2.75, 3.05) is 6.61 Å². The molecule has 0 aromatic heterocycles. The molecule has 1 rings (SSSR count). The first-order valence-corrected chi connectivity index (χ1v) is 7.56. The minimum atomic E-state index is -0.794. The number of rotatable bonds is 8. The summed E-state index contributed by atoms with van der Waals surface area (Å²) in [6, 6.07) is 3.80. The minimum absolute atomic E-state index is 0.123. The topological polar surface area (TPSA) is 46.5 Å². The summed E-state index contributed by atoms with van der Waals surface area (Å²) >= 11 is 6.90. The molecule has 0 heterocycles. The normalized spacial score (nSPS) is 10.2. The standard InChI is InChI=1S/C14H16Br2O3/c1-2-3-4-7-19-14-11(15)8-10(9-12(14)16)5-6-13(17)18/h2,8-9H,1,3-7H2,(H,17,18). The van der Waals surface area contributed by atoms with Gasteiger partial charge in [-0.05, 0) is 68.8 Å². The number of aryl methyl sites for hydroxylation is 1. The van der Waals surface area contributed by atoms with E-state index in [-0.39, 0.29) is 6.42 Å². The van der Waals surface area contributed by atoms with E-state index in [1.54, 1.807) is 0 Å². The maximum absolute atomic E-state index is 10.6. The second kappa shape index (κ2) is 8.38. The van der Waals surface area contributed by atoms with Crippen LogP contribution in [0.3, 0.4) is 0 Å². The first-order valence-electron chi connectivity index (χ1n) is 5.98. The van der Waals surface area contributed by atoms with Gasteiger partial charge in [0.15, 0.2) is 0 Å². The third-order valence-electron chi connectivity index (χ3n) is 2.48. The zero-order valence-corrected chi connectivity index (χ0v) is 13.7. The number of carboxylic acids is 1. The molecule has 0 amide bonds. The first-order chi connectivity index (χ1) is 9.04. The number of carboxylic acid groups (broad SMARTS) is 1. The Morgan fingerprint density at radius 1 is 1.37 bits per heavy atom. The number of benzene rings is 1. The zero-order valence-electron chi connectivity index (χ0n) is 10.5. The van der Waals surface area contributed by atoms with Gasteiger partial charge in [0.25, 0.3) is 0 Å². The van der Waals surface area contributed by atoms with Gasteiger partial charge in [0.2, 0.25) is 0 Å². The van der Waals surface area contributed by atoms with Gasteiger partial charge in [-0.3, -0.25) is 4.79 Å². The second-order valence-electron chi connectivity index (χ2n) is 4.06. The van der Waals surface area contributed by atoms with Crippen molar-refractivity contribution in [3.05, 3.63) is 39.3 Å². The van der Waals surface area contributed by atoms with E-state index in [2.05, 4.69) is 38.4 Å². The predicted molar refractivity (Wildman–Crippen MR) is 82.7 cm³/mol. The number of hydrogen-bond acceptors (Lipinski definition) is 2. The monoisotopic (exact) mass is 390 g/mol. The van der Waals surface area contributed by atoms with E-state index < -0.39 is 5.97 Å². The van der Waals surface area contributed by atoms with Crippen molar-refractivity contribution in [2.45, 2.75) is 25.7 Å². The summed E-state index contributed by atoms with van der Waals surface area (Å²) in [6.45, 7) is 4.29. The summed E-state index contributed by atoms with van der Waals surface area (Å²) in [4.78, 5) is 10.6. The molecule has 1 aromatic rings. The van der Waals surface area contributed by atoms with E-state index in [0.29, 0.717) is 13.0 Å². The SMILES string of the molecule is C=CCCCOc1c(Br)cc(CCC(=O)O)cc1Br. The van der Waals surface area contributed by atoms with Gasteiger partial charge in [0, 0.05) is 6.42 Å². The van der Waals surface area contributed by atoms with E-state index in [1.807, 2.05) is 18.2 Å². The number of unbranched alkanes of at least 4 members (excludes halogenated alkanes) is 1. The minimum Gasteiger partial charge on any atom is -0.491 e. The number of carbonyl (C=O) groups is 1. The van der Waals surface area contributed by atoms with Crippen molar-refractivity contribution >= 4 is 37.8 Å². The zero-order chi connectivity index (χ0) is 14.3. The molecule has 0 unspecified atom stereocenters. The number of halogens is 2. The van der Waals surface area contributed by atoms with Crippen LogP contribution in [0.15, 0.2) is 33.7 Å². The molecule has 3 nitrogen and oxygen atoms in total. The summed E-state index contributed by atoms with van der Waals surface area (Å²) < 4.78 is 7.36. The van der Waals surface area contributed by atoms with Gasteiger partial charge in [-0.15, -0.1) is 6.58 Å². The molecule has 5 heteroatoms. The van der Waals surface area contributed by atoms with Crippen LogP contribution >= 0.6 is 31.9 Å². The summed E-state index contributed by atoms with van der Waals surface area (Å²) in [5.74, 6) is -0.0415. The Kier molecular flexibility index (Phi) is 7.16. The van der Waals surface area contributed by atoms with Gasteiger partial charge in [-0.25, -0.2) is 0 Å². The molecule has 0 aliphatic carbocycles. The quantitative estimate of drug-likeness (QED) is 0.521. The average molecular weight is 392 g/mol. The van der Waals surface area contributed by atoms with Gasteiger partial charge < -0.3 is 9.84 Å². The molecular formula is C14H16Br2O3. The smallest absolute Gasteiger partial charge is 0.303 e. The third kappa shape index (κ3) is 5.78. The van der Waals surface area contributed by atoms with Crippen LogP contribution in [0.2, 0.25) is 0 Å². The molecular weight excluding hydrogens is 376 g/mol. The molecule has 19 heavy (non-hydrogen) atoms. The highest BCUT2D eigenvalue weighted by Crippen LogP contribution is 2.35. The maximum atomic E-state index is 10.6. The molecule has 0 atom stereocenters. The molecule has 0 fully saturated rings. The lowest BCUT2D eigenvalue weighted by Gasteiger charge is -2.11. The van der Waals surface area contributed by atoms with Crippen molar-refractivity contribution in [1.29, 1.82) is 0 Å². The maximum Gasteiger partial charge on any atom is 0.303 e. The predicted octanol–water partition coefficient (Wildman–Crippen LogP) is 4.57. The fraction of sp³-hybridized carbons (Fsp3) is 0.357. The lowest BCUT2D eigenvalue weighted by Crippen LogP contribution is -2.00. The van der Waals surface area contributed by atoms with Crippen LogP contribution in [0.25, 0.3) is 0 Å². The lowest BCUT2D eigenvalue weighted by molar-refractivity contribution is -0.136. The van der Waals surface area contributed by atoms with Crippen molar-refractivity contribution in [1.82, 2.24) is 0 Å². The number of aliphatic carboxylic acids is 1. The number of ether oxygens (including phenoxy) is 1. The van der Waals surface area contributed by atoms with Crippen LogP contribution in [0.4, 0.5) is 0 Å².